The molecule has 0 radical (unpaired) electrons. The minimum Gasteiger partial charge on any atom is -0.0875 e. The van der Waals surface area contributed by atoms with Gasteiger partial charge in [-0.05, 0) is 11.1 Å². The van der Waals surface area contributed by atoms with E-state index in [1.165, 1.54) is 0 Å². The summed E-state index contributed by atoms with van der Waals surface area (Å²) in [6.07, 6.45) is 0. The van der Waals surface area contributed by atoms with Crippen LogP contribution >= 0.6 is 62.3 Å². The van der Waals surface area contributed by atoms with Crippen LogP contribution in [0.3, 0.4) is 0 Å². The van der Waals surface area contributed by atoms with E-state index in [2.05, 4.69) is 15.9 Å². The van der Waals surface area contributed by atoms with Crippen molar-refractivity contribution in [2.24, 2.45) is 0 Å². The Morgan fingerprint density at radius 1 is 0.640 bits per heavy atom. The molecule has 0 spiro atoms. The molecule has 0 heterocycles. The van der Waals surface area contributed by atoms with Gasteiger partial charge in [0.05, 0.1) is 20.1 Å². The summed E-state index contributed by atoms with van der Waals surface area (Å²) >= 11 is 29.7. The third-order valence-corrected chi connectivity index (χ3v) is 6.45. The quantitative estimate of drug-likeness (QED) is 0.202. The lowest BCUT2D eigenvalue weighted by Crippen LogP contribution is -2.06. The maximum Gasteiger partial charge on any atom is 0.0653 e. The lowest BCUT2D eigenvalue weighted by molar-refractivity contribution is 0.976. The molecule has 0 fully saturated rings. The highest BCUT2D eigenvalue weighted by atomic mass is 79.9. The highest BCUT2D eigenvalue weighted by molar-refractivity contribution is 9.08. The van der Waals surface area contributed by atoms with E-state index in [-0.39, 0.29) is 5.92 Å². The molecular formula is C20H13BrCl4. The van der Waals surface area contributed by atoms with Crippen molar-refractivity contribution in [1.29, 1.82) is 0 Å². The first-order chi connectivity index (χ1) is 12.1. The van der Waals surface area contributed by atoms with E-state index < -0.39 is 0 Å². The summed E-state index contributed by atoms with van der Waals surface area (Å²) in [6.45, 7) is 0. The fourth-order valence-electron chi connectivity index (χ4n) is 2.88. The zero-order valence-corrected chi connectivity index (χ0v) is 17.6. The second kappa shape index (κ2) is 8.33. The minimum absolute atomic E-state index is 0.165. The molecule has 3 aromatic carbocycles. The summed E-state index contributed by atoms with van der Waals surface area (Å²) in [5, 5.41) is 2.21. The van der Waals surface area contributed by atoms with Crippen LogP contribution in [0.25, 0.3) is 0 Å². The molecule has 0 aliphatic rings. The van der Waals surface area contributed by atoms with Crippen molar-refractivity contribution >= 4 is 62.3 Å². The van der Waals surface area contributed by atoms with Gasteiger partial charge in [-0.25, -0.2) is 0 Å². The van der Waals surface area contributed by atoms with Crippen molar-refractivity contribution in [3.05, 3.63) is 103 Å². The third kappa shape index (κ3) is 3.72. The number of alkyl halides is 1. The van der Waals surface area contributed by atoms with Crippen molar-refractivity contribution in [2.45, 2.75) is 11.2 Å². The Hall–Kier alpha value is -0.700. The molecule has 0 atom stereocenters. The summed E-state index contributed by atoms with van der Waals surface area (Å²) in [5.74, 6) is -0.165. The van der Waals surface area contributed by atoms with Gasteiger partial charge in [0, 0.05) is 22.4 Å². The number of rotatable bonds is 4. The van der Waals surface area contributed by atoms with Crippen molar-refractivity contribution < 1.29 is 0 Å². The molecule has 0 N–H and O–H groups in total. The van der Waals surface area contributed by atoms with Crippen molar-refractivity contribution in [3.8, 4) is 0 Å². The largest absolute Gasteiger partial charge is 0.0875 e. The molecule has 0 aromatic heterocycles. The van der Waals surface area contributed by atoms with E-state index in [1.807, 2.05) is 60.7 Å². The van der Waals surface area contributed by atoms with E-state index in [0.29, 0.717) is 31.0 Å². The van der Waals surface area contributed by atoms with Crippen LogP contribution in [-0.4, -0.2) is 0 Å². The van der Waals surface area contributed by atoms with Crippen LogP contribution in [0, 0.1) is 0 Å². The van der Waals surface area contributed by atoms with E-state index in [0.717, 1.165) is 16.7 Å². The minimum atomic E-state index is -0.165. The Labute approximate surface area is 175 Å². The second-order valence-corrected chi connectivity index (χ2v) is 7.61. The summed E-state index contributed by atoms with van der Waals surface area (Å²) in [7, 11) is 0. The van der Waals surface area contributed by atoms with Gasteiger partial charge in [0.25, 0.3) is 0 Å². The predicted octanol–water partition coefficient (Wildman–Crippen LogP) is 8.38. The molecule has 5 heteroatoms. The van der Waals surface area contributed by atoms with E-state index in [9.17, 15) is 0 Å². The predicted molar refractivity (Wildman–Crippen MR) is 113 cm³/mol. The molecule has 3 rings (SSSR count). The van der Waals surface area contributed by atoms with Gasteiger partial charge >= 0.3 is 0 Å². The lowest BCUT2D eigenvalue weighted by Gasteiger charge is -2.24. The number of halogens is 5. The molecule has 0 nitrogen and oxygen atoms in total. The normalized spacial score (nSPS) is 11.1. The monoisotopic (exact) mass is 472 g/mol. The number of hydrogen-bond donors (Lipinski definition) is 0. The van der Waals surface area contributed by atoms with Crippen LogP contribution in [0.5, 0.6) is 0 Å². The first-order valence-corrected chi connectivity index (χ1v) is 10.2. The zero-order chi connectivity index (χ0) is 18.0. The molecule has 128 valence electrons. The standard InChI is InChI=1S/C20H13BrCl4/c21-11-14-17(22)19(24)16(20(25)18(14)23)15(12-7-3-1-4-8-12)13-9-5-2-6-10-13/h1-10,15H,11H2. The first kappa shape index (κ1) is 19.1. The van der Waals surface area contributed by atoms with E-state index >= 15 is 0 Å². The molecule has 0 saturated carbocycles. The van der Waals surface area contributed by atoms with Crippen LogP contribution in [0.2, 0.25) is 20.1 Å². The van der Waals surface area contributed by atoms with Crippen LogP contribution in [0.4, 0.5) is 0 Å². The molecule has 0 amide bonds. The zero-order valence-electron chi connectivity index (χ0n) is 12.9. The fraction of sp³-hybridized carbons (Fsp3) is 0.100. The van der Waals surface area contributed by atoms with Crippen molar-refractivity contribution in [1.82, 2.24) is 0 Å². The maximum atomic E-state index is 6.65. The average molecular weight is 475 g/mol. The first-order valence-electron chi connectivity index (χ1n) is 7.56. The highest BCUT2D eigenvalue weighted by Crippen LogP contribution is 2.48. The number of benzene rings is 3. The Bertz CT molecular complexity index is 811. The molecular weight excluding hydrogens is 462 g/mol. The van der Waals surface area contributed by atoms with Gasteiger partial charge in [-0.1, -0.05) is 123 Å². The molecule has 0 aliphatic heterocycles. The summed E-state index contributed by atoms with van der Waals surface area (Å²) in [6, 6.07) is 20.1. The average Bonchev–Trinajstić information content (AvgIpc) is 2.65. The second-order valence-electron chi connectivity index (χ2n) is 5.54. The van der Waals surface area contributed by atoms with Gasteiger partial charge in [0.15, 0.2) is 0 Å². The smallest absolute Gasteiger partial charge is 0.0653 e. The molecule has 0 bridgehead atoms. The third-order valence-electron chi connectivity index (χ3n) is 4.08. The van der Waals surface area contributed by atoms with Crippen molar-refractivity contribution in [2.75, 3.05) is 0 Å². The van der Waals surface area contributed by atoms with Gasteiger partial charge in [0.1, 0.15) is 0 Å². The van der Waals surface area contributed by atoms with Crippen LogP contribution in [-0.2, 0) is 5.33 Å². The molecule has 25 heavy (non-hydrogen) atoms. The lowest BCUT2D eigenvalue weighted by atomic mass is 9.84. The summed E-state index contributed by atoms with van der Waals surface area (Å²) in [5.41, 5.74) is 3.55. The molecule has 0 aliphatic carbocycles. The summed E-state index contributed by atoms with van der Waals surface area (Å²) < 4.78 is 0. The van der Waals surface area contributed by atoms with Crippen LogP contribution < -0.4 is 0 Å². The molecule has 0 saturated heterocycles. The van der Waals surface area contributed by atoms with E-state index in [4.69, 9.17) is 46.4 Å². The van der Waals surface area contributed by atoms with Crippen LogP contribution in [0.1, 0.15) is 28.2 Å². The van der Waals surface area contributed by atoms with Gasteiger partial charge in [-0.15, -0.1) is 0 Å². The summed E-state index contributed by atoms with van der Waals surface area (Å²) in [4.78, 5) is 0. The topological polar surface area (TPSA) is 0 Å². The van der Waals surface area contributed by atoms with Gasteiger partial charge in [-0.3, -0.25) is 0 Å². The van der Waals surface area contributed by atoms with Gasteiger partial charge in [-0.2, -0.15) is 0 Å². The Morgan fingerprint density at radius 3 is 1.40 bits per heavy atom. The van der Waals surface area contributed by atoms with Gasteiger partial charge in [0.2, 0.25) is 0 Å². The van der Waals surface area contributed by atoms with Gasteiger partial charge < -0.3 is 0 Å². The Morgan fingerprint density at radius 2 is 1.04 bits per heavy atom. The van der Waals surface area contributed by atoms with E-state index in [1.54, 1.807) is 0 Å². The number of hydrogen-bond acceptors (Lipinski definition) is 0. The highest BCUT2D eigenvalue weighted by Gasteiger charge is 2.27. The molecule has 3 aromatic rings. The maximum absolute atomic E-state index is 6.65. The Kier molecular flexibility index (Phi) is 6.35. The van der Waals surface area contributed by atoms with Crippen molar-refractivity contribution in [3.63, 3.8) is 0 Å². The Balaban J connectivity index is 2.32. The van der Waals surface area contributed by atoms with Crippen LogP contribution in [0.15, 0.2) is 60.7 Å². The fourth-order valence-corrected chi connectivity index (χ4v) is 5.02. The molecule has 0 unspecified atom stereocenters. The SMILES string of the molecule is Clc1c(Cl)c(C(c2ccccc2)c2ccccc2)c(Cl)c(Cl)c1CBr.